The Morgan fingerprint density at radius 3 is 2.43 bits per heavy atom. The second-order valence-electron chi connectivity index (χ2n) is 4.10. The molecule has 0 spiro atoms. The summed E-state index contributed by atoms with van der Waals surface area (Å²) in [4.78, 5) is 13.3. The normalized spacial score (nSPS) is 29.8. The summed E-state index contributed by atoms with van der Waals surface area (Å²) in [5.74, 6) is 1.28. The zero-order valence-corrected chi connectivity index (χ0v) is 8.15. The van der Waals surface area contributed by atoms with Gasteiger partial charge in [-0.3, -0.25) is 4.79 Å². The van der Waals surface area contributed by atoms with E-state index in [9.17, 15) is 4.79 Å². The van der Waals surface area contributed by atoms with Gasteiger partial charge >= 0.3 is 0 Å². The van der Waals surface area contributed by atoms with Gasteiger partial charge in [0.05, 0.1) is 6.07 Å². The molecule has 74 valence electrons. The van der Waals surface area contributed by atoms with Crippen molar-refractivity contribution in [1.82, 2.24) is 4.90 Å². The van der Waals surface area contributed by atoms with Gasteiger partial charge in [0.1, 0.15) is 6.42 Å². The number of amides is 1. The third-order valence-electron chi connectivity index (χ3n) is 3.20. The van der Waals surface area contributed by atoms with Crippen LogP contribution in [0.25, 0.3) is 0 Å². The lowest BCUT2D eigenvalue weighted by Crippen LogP contribution is -2.28. The monoisotopic (exact) mass is 190 g/mol. The number of fused-ring (bicyclic) bond motifs is 1. The molecule has 3 heteroatoms. The minimum Gasteiger partial charge on any atom is -0.341 e. The Bertz CT molecular complexity index is 287. The SMILES string of the molecule is N#CCC(=O)N1CC2CC=CCC2C1. The van der Waals surface area contributed by atoms with Crippen LogP contribution >= 0.6 is 0 Å². The third kappa shape index (κ3) is 1.65. The first-order valence-corrected chi connectivity index (χ1v) is 5.11. The van der Waals surface area contributed by atoms with Crippen LogP contribution in [0.2, 0.25) is 0 Å². The van der Waals surface area contributed by atoms with Gasteiger partial charge < -0.3 is 4.90 Å². The van der Waals surface area contributed by atoms with Crippen molar-refractivity contribution < 1.29 is 4.79 Å². The van der Waals surface area contributed by atoms with Crippen LogP contribution in [0.4, 0.5) is 0 Å². The predicted octanol–water partition coefficient (Wildman–Crippen LogP) is 1.32. The van der Waals surface area contributed by atoms with Gasteiger partial charge in [0.25, 0.3) is 0 Å². The fourth-order valence-electron chi connectivity index (χ4n) is 2.40. The van der Waals surface area contributed by atoms with Crippen molar-refractivity contribution in [3.8, 4) is 6.07 Å². The first kappa shape index (κ1) is 9.26. The fourth-order valence-corrected chi connectivity index (χ4v) is 2.40. The van der Waals surface area contributed by atoms with Gasteiger partial charge in [-0.1, -0.05) is 12.2 Å². The quantitative estimate of drug-likeness (QED) is 0.585. The molecule has 14 heavy (non-hydrogen) atoms. The molecule has 2 aliphatic rings. The molecule has 1 aliphatic heterocycles. The van der Waals surface area contributed by atoms with Crippen LogP contribution in [0.1, 0.15) is 19.3 Å². The minimum absolute atomic E-state index is 0.00176. The summed E-state index contributed by atoms with van der Waals surface area (Å²) < 4.78 is 0. The zero-order valence-electron chi connectivity index (χ0n) is 8.15. The van der Waals surface area contributed by atoms with Gasteiger partial charge in [-0.25, -0.2) is 0 Å². The summed E-state index contributed by atoms with van der Waals surface area (Å²) in [6.45, 7) is 1.71. The van der Waals surface area contributed by atoms with Gasteiger partial charge in [0.2, 0.25) is 5.91 Å². The van der Waals surface area contributed by atoms with Crippen LogP contribution in [-0.4, -0.2) is 23.9 Å². The number of nitriles is 1. The fraction of sp³-hybridized carbons (Fsp3) is 0.636. The molecule has 1 heterocycles. The van der Waals surface area contributed by atoms with Crippen LogP contribution in [0, 0.1) is 23.2 Å². The first-order chi connectivity index (χ1) is 6.81. The van der Waals surface area contributed by atoms with E-state index in [1.165, 1.54) is 0 Å². The van der Waals surface area contributed by atoms with Gasteiger partial charge in [-0.05, 0) is 24.7 Å². The van der Waals surface area contributed by atoms with E-state index < -0.39 is 0 Å². The lowest BCUT2D eigenvalue weighted by atomic mass is 9.86. The van der Waals surface area contributed by atoms with Crippen LogP contribution in [0.3, 0.4) is 0 Å². The predicted molar refractivity (Wildman–Crippen MR) is 52.2 cm³/mol. The number of carbonyl (C=O) groups excluding carboxylic acids is 1. The Labute approximate surface area is 84.0 Å². The second-order valence-corrected chi connectivity index (χ2v) is 4.10. The van der Waals surface area contributed by atoms with Gasteiger partial charge in [0.15, 0.2) is 0 Å². The number of carbonyl (C=O) groups is 1. The summed E-state index contributed by atoms with van der Waals surface area (Å²) in [6.07, 6.45) is 6.65. The van der Waals surface area contributed by atoms with Crippen LogP contribution < -0.4 is 0 Å². The number of rotatable bonds is 1. The van der Waals surface area contributed by atoms with E-state index in [2.05, 4.69) is 12.2 Å². The Morgan fingerprint density at radius 1 is 1.36 bits per heavy atom. The lowest BCUT2D eigenvalue weighted by Gasteiger charge is -2.17. The Hall–Kier alpha value is -1.30. The summed E-state index contributed by atoms with van der Waals surface area (Å²) in [5.41, 5.74) is 0. The molecule has 0 aromatic carbocycles. The molecule has 1 fully saturated rings. The zero-order chi connectivity index (χ0) is 9.97. The molecule has 2 unspecified atom stereocenters. The van der Waals surface area contributed by atoms with E-state index in [1.807, 2.05) is 11.0 Å². The molecule has 0 aromatic heterocycles. The molecule has 0 aromatic rings. The highest BCUT2D eigenvalue weighted by atomic mass is 16.2. The van der Waals surface area contributed by atoms with E-state index in [1.54, 1.807) is 0 Å². The lowest BCUT2D eigenvalue weighted by molar-refractivity contribution is -0.129. The Kier molecular flexibility index (Phi) is 2.53. The van der Waals surface area contributed by atoms with E-state index >= 15 is 0 Å². The molecular formula is C11H14N2O. The van der Waals surface area contributed by atoms with Crippen molar-refractivity contribution in [1.29, 1.82) is 5.26 Å². The topological polar surface area (TPSA) is 44.1 Å². The number of hydrogen-bond donors (Lipinski definition) is 0. The van der Waals surface area contributed by atoms with Gasteiger partial charge in [-0.15, -0.1) is 0 Å². The smallest absolute Gasteiger partial charge is 0.236 e. The molecule has 0 radical (unpaired) electrons. The molecule has 3 nitrogen and oxygen atoms in total. The molecular weight excluding hydrogens is 176 g/mol. The molecule has 0 bridgehead atoms. The molecule has 2 rings (SSSR count). The Morgan fingerprint density at radius 2 is 1.93 bits per heavy atom. The van der Waals surface area contributed by atoms with Crippen molar-refractivity contribution in [3.63, 3.8) is 0 Å². The van der Waals surface area contributed by atoms with Gasteiger partial charge in [0, 0.05) is 13.1 Å². The summed E-state index contributed by atoms with van der Waals surface area (Å²) in [5, 5.41) is 8.45. The van der Waals surface area contributed by atoms with E-state index in [0.29, 0.717) is 11.8 Å². The standard InChI is InChI=1S/C11H14N2O/c12-6-5-11(14)13-7-9-3-1-2-4-10(9)8-13/h1-2,9-10H,3-5,7-8H2. The van der Waals surface area contributed by atoms with E-state index in [-0.39, 0.29) is 12.3 Å². The van der Waals surface area contributed by atoms with Crippen LogP contribution in [-0.2, 0) is 4.79 Å². The number of likely N-dealkylation sites (tertiary alicyclic amines) is 1. The van der Waals surface area contributed by atoms with Crippen molar-refractivity contribution in [2.24, 2.45) is 11.8 Å². The minimum atomic E-state index is 0.00176. The summed E-state index contributed by atoms with van der Waals surface area (Å²) in [7, 11) is 0. The highest BCUT2D eigenvalue weighted by molar-refractivity contribution is 5.78. The Balaban J connectivity index is 1.95. The highest BCUT2D eigenvalue weighted by Gasteiger charge is 2.34. The maximum atomic E-state index is 11.5. The summed E-state index contributed by atoms with van der Waals surface area (Å²) >= 11 is 0. The summed E-state index contributed by atoms with van der Waals surface area (Å²) in [6, 6.07) is 1.92. The van der Waals surface area contributed by atoms with E-state index in [4.69, 9.17) is 5.26 Å². The van der Waals surface area contributed by atoms with Crippen LogP contribution in [0.15, 0.2) is 12.2 Å². The van der Waals surface area contributed by atoms with E-state index in [0.717, 1.165) is 25.9 Å². The number of allylic oxidation sites excluding steroid dienone is 2. The van der Waals surface area contributed by atoms with Crippen molar-refractivity contribution in [2.45, 2.75) is 19.3 Å². The largest absolute Gasteiger partial charge is 0.341 e. The number of hydrogen-bond acceptors (Lipinski definition) is 2. The van der Waals surface area contributed by atoms with Gasteiger partial charge in [-0.2, -0.15) is 5.26 Å². The first-order valence-electron chi connectivity index (χ1n) is 5.11. The molecule has 1 saturated heterocycles. The van der Waals surface area contributed by atoms with Crippen molar-refractivity contribution >= 4 is 5.91 Å². The second kappa shape index (κ2) is 3.83. The maximum Gasteiger partial charge on any atom is 0.236 e. The highest BCUT2D eigenvalue weighted by Crippen LogP contribution is 2.32. The average molecular weight is 190 g/mol. The molecule has 0 saturated carbocycles. The maximum absolute atomic E-state index is 11.5. The molecule has 0 N–H and O–H groups in total. The molecule has 1 amide bonds. The van der Waals surface area contributed by atoms with Crippen molar-refractivity contribution in [2.75, 3.05) is 13.1 Å². The molecule has 2 atom stereocenters. The van der Waals surface area contributed by atoms with Crippen molar-refractivity contribution in [3.05, 3.63) is 12.2 Å². The van der Waals surface area contributed by atoms with Crippen LogP contribution in [0.5, 0.6) is 0 Å². The number of nitrogens with zero attached hydrogens (tertiary/aromatic N) is 2. The average Bonchev–Trinajstić information content (AvgIpc) is 2.61. The third-order valence-corrected chi connectivity index (χ3v) is 3.20. The molecule has 1 aliphatic carbocycles.